The maximum absolute atomic E-state index is 11.5. The molecule has 0 saturated heterocycles. The maximum Gasteiger partial charge on any atom is 0.243 e. The van der Waals surface area contributed by atoms with Gasteiger partial charge in [0.1, 0.15) is 12.8 Å². The zero-order chi connectivity index (χ0) is 26.6. The third kappa shape index (κ3) is 9.54. The van der Waals surface area contributed by atoms with Gasteiger partial charge in [0.2, 0.25) is 11.9 Å². The molecular weight excluding hydrogens is 766 g/mol. The number of imidazole rings is 1. The summed E-state index contributed by atoms with van der Waals surface area (Å²) < 4.78 is 7.01. The molecule has 3 aromatic rings. The smallest absolute Gasteiger partial charge is 0.243 e. The molecule has 1 aliphatic rings. The Morgan fingerprint density at radius 2 is 1.87 bits per heavy atom. The molecule has 1 aliphatic carbocycles. The Kier molecular flexibility index (Phi) is 13.3. The van der Waals surface area contributed by atoms with Gasteiger partial charge in [0.25, 0.3) is 0 Å². The molecule has 4 rings (SSSR count). The molecular formula is C24H33I2N7O2P2S. The summed E-state index contributed by atoms with van der Waals surface area (Å²) in [6.07, 6.45) is 13.3. The third-order valence-electron chi connectivity index (χ3n) is 6.31. The zero-order valence-electron chi connectivity index (χ0n) is 21.0. The van der Waals surface area contributed by atoms with Crippen LogP contribution in [0.3, 0.4) is 0 Å². The van der Waals surface area contributed by atoms with Crippen molar-refractivity contribution in [3.63, 3.8) is 0 Å². The number of aromatic nitrogens is 4. The minimum Gasteiger partial charge on any atom is -0.365 e. The molecule has 0 aliphatic heterocycles. The van der Waals surface area contributed by atoms with Gasteiger partial charge in [-0.05, 0) is 99.8 Å². The maximum atomic E-state index is 11.5. The minimum atomic E-state index is -0.0322. The highest BCUT2D eigenvalue weighted by Crippen LogP contribution is 2.32. The Bertz CT molecular complexity index is 1170. The van der Waals surface area contributed by atoms with Crippen molar-refractivity contribution in [1.82, 2.24) is 24.8 Å². The van der Waals surface area contributed by atoms with Crippen molar-refractivity contribution in [3.05, 3.63) is 30.6 Å². The zero-order valence-corrected chi connectivity index (χ0v) is 28.1. The second-order valence-corrected chi connectivity index (χ2v) is 14.1. The molecule has 2 atom stereocenters. The van der Waals surface area contributed by atoms with Gasteiger partial charge in [-0.2, -0.15) is 9.97 Å². The molecule has 9 nitrogen and oxygen atoms in total. The number of hydrogen-bond acceptors (Lipinski definition) is 8. The second-order valence-electron chi connectivity index (χ2n) is 9.11. The van der Waals surface area contributed by atoms with Gasteiger partial charge in [-0.25, -0.2) is 15.1 Å². The van der Waals surface area contributed by atoms with Gasteiger partial charge in [-0.1, -0.05) is 32.1 Å². The van der Waals surface area contributed by atoms with E-state index in [0.29, 0.717) is 24.8 Å². The van der Waals surface area contributed by atoms with Crippen molar-refractivity contribution in [2.24, 2.45) is 0 Å². The summed E-state index contributed by atoms with van der Waals surface area (Å²) in [6, 6.07) is 8.89. The molecule has 1 aromatic carbocycles. The molecule has 0 spiro atoms. The molecule has 0 radical (unpaired) electrons. The molecule has 38 heavy (non-hydrogen) atoms. The number of amides is 1. The molecule has 1 fully saturated rings. The monoisotopic (exact) mass is 799 g/mol. The fourth-order valence-electron chi connectivity index (χ4n) is 4.38. The average Bonchev–Trinajstić information content (AvgIpc) is 3.36. The SMILES string of the molecule is O=C(CCCCCCSc1ccc(Nc2nc(NC3CCCCC3)c3ncn(PI)c3n2)cc1)NOPI. The summed E-state index contributed by atoms with van der Waals surface area (Å²) in [6.45, 7) is 0.249. The first-order valence-electron chi connectivity index (χ1n) is 12.8. The average molecular weight is 799 g/mol. The van der Waals surface area contributed by atoms with Crippen LogP contribution in [0, 0.1) is 0 Å². The Morgan fingerprint density at radius 1 is 1.08 bits per heavy atom. The highest BCUT2D eigenvalue weighted by molar-refractivity contribution is 14.2. The highest BCUT2D eigenvalue weighted by atomic mass is 127. The van der Waals surface area contributed by atoms with E-state index in [4.69, 9.17) is 14.6 Å². The van der Waals surface area contributed by atoms with E-state index in [1.165, 1.54) is 37.0 Å². The van der Waals surface area contributed by atoms with Crippen LogP contribution < -0.4 is 16.1 Å². The minimum absolute atomic E-state index is 0.0322. The predicted molar refractivity (Wildman–Crippen MR) is 179 cm³/mol. The molecule has 1 amide bonds. The van der Waals surface area contributed by atoms with E-state index in [-0.39, 0.29) is 12.4 Å². The summed E-state index contributed by atoms with van der Waals surface area (Å²) in [5.74, 6) is 2.44. The van der Waals surface area contributed by atoms with Crippen molar-refractivity contribution in [2.75, 3.05) is 16.4 Å². The molecule has 206 valence electrons. The number of hydrogen-bond donors (Lipinski definition) is 3. The van der Waals surface area contributed by atoms with E-state index < -0.39 is 0 Å². The first-order valence-corrected chi connectivity index (χ1v) is 21.9. The number of anilines is 3. The fourth-order valence-corrected chi connectivity index (χ4v) is 7.17. The normalized spacial score (nSPS) is 14.7. The number of rotatable bonds is 15. The number of hydroxylamine groups is 1. The van der Waals surface area contributed by atoms with Gasteiger partial charge < -0.3 is 10.6 Å². The number of carbonyl (C=O) groups excluding carboxylic acids is 1. The Morgan fingerprint density at radius 3 is 2.63 bits per heavy atom. The molecule has 0 bridgehead atoms. The van der Waals surface area contributed by atoms with Crippen LogP contribution in [0.15, 0.2) is 35.5 Å². The first-order chi connectivity index (χ1) is 18.7. The van der Waals surface area contributed by atoms with Crippen LogP contribution >= 0.6 is 68.7 Å². The molecule has 2 aromatic heterocycles. The van der Waals surface area contributed by atoms with Crippen molar-refractivity contribution < 1.29 is 9.42 Å². The van der Waals surface area contributed by atoms with Gasteiger partial charge in [-0.15, -0.1) is 11.8 Å². The lowest BCUT2D eigenvalue weighted by atomic mass is 9.95. The van der Waals surface area contributed by atoms with Crippen molar-refractivity contribution in [2.45, 2.75) is 75.1 Å². The lowest BCUT2D eigenvalue weighted by Crippen LogP contribution is -2.23. The second kappa shape index (κ2) is 16.7. The van der Waals surface area contributed by atoms with Crippen molar-refractivity contribution in [1.29, 1.82) is 0 Å². The van der Waals surface area contributed by atoms with E-state index >= 15 is 0 Å². The van der Waals surface area contributed by atoms with E-state index in [1.807, 2.05) is 18.1 Å². The topological polar surface area (TPSA) is 106 Å². The lowest BCUT2D eigenvalue weighted by Gasteiger charge is -2.23. The molecule has 1 saturated carbocycles. The quantitative estimate of drug-likeness (QED) is 0.0466. The lowest BCUT2D eigenvalue weighted by molar-refractivity contribution is -0.127. The number of benzene rings is 1. The number of nitrogens with one attached hydrogen (secondary N) is 3. The van der Waals surface area contributed by atoms with E-state index in [0.717, 1.165) is 54.1 Å². The van der Waals surface area contributed by atoms with Crippen LogP contribution in [0.2, 0.25) is 0 Å². The highest BCUT2D eigenvalue weighted by Gasteiger charge is 2.18. The van der Waals surface area contributed by atoms with Crippen molar-refractivity contribution >= 4 is 103 Å². The third-order valence-corrected chi connectivity index (χ3v) is 10.3. The number of carbonyl (C=O) groups is 1. The van der Waals surface area contributed by atoms with Crippen LogP contribution in [-0.2, 0) is 9.42 Å². The van der Waals surface area contributed by atoms with Crippen LogP contribution in [0.4, 0.5) is 17.5 Å². The van der Waals surface area contributed by atoms with Gasteiger partial charge in [0.15, 0.2) is 17.0 Å². The summed E-state index contributed by atoms with van der Waals surface area (Å²) in [5, 5.41) is 7.06. The van der Waals surface area contributed by atoms with E-state index in [9.17, 15) is 4.79 Å². The molecule has 3 N–H and O–H groups in total. The van der Waals surface area contributed by atoms with Crippen LogP contribution in [0.25, 0.3) is 11.2 Å². The largest absolute Gasteiger partial charge is 0.365 e. The molecule has 2 heterocycles. The van der Waals surface area contributed by atoms with Crippen LogP contribution in [0.1, 0.15) is 64.2 Å². The Hall–Kier alpha value is -0.530. The van der Waals surface area contributed by atoms with Gasteiger partial charge in [0, 0.05) is 23.0 Å². The summed E-state index contributed by atoms with van der Waals surface area (Å²) in [5.41, 5.74) is 5.11. The number of fused-ring (bicyclic) bond motifs is 1. The van der Waals surface area contributed by atoms with Gasteiger partial charge in [-0.3, -0.25) is 9.13 Å². The van der Waals surface area contributed by atoms with E-state index in [1.54, 1.807) is 0 Å². The summed E-state index contributed by atoms with van der Waals surface area (Å²) in [4.78, 5) is 27.0. The van der Waals surface area contributed by atoms with Crippen LogP contribution in [0.5, 0.6) is 0 Å². The predicted octanol–water partition coefficient (Wildman–Crippen LogP) is 8.14. The number of halogens is 2. The number of unbranched alkanes of at least 4 members (excludes halogenated alkanes) is 3. The Balaban J connectivity index is 1.27. The summed E-state index contributed by atoms with van der Waals surface area (Å²) in [7, 11) is 0. The number of thioether (sulfide) groups is 1. The summed E-state index contributed by atoms with van der Waals surface area (Å²) >= 11 is 6.30. The molecule has 14 heteroatoms. The van der Waals surface area contributed by atoms with Crippen molar-refractivity contribution in [3.8, 4) is 0 Å². The Labute approximate surface area is 257 Å². The van der Waals surface area contributed by atoms with Crippen LogP contribution in [-0.4, -0.2) is 37.0 Å². The first kappa shape index (κ1) is 30.4. The van der Waals surface area contributed by atoms with E-state index in [2.05, 4.69) is 93.8 Å². The molecule has 2 unspecified atom stereocenters. The number of nitrogens with zero attached hydrogens (tertiary/aromatic N) is 4. The standard InChI is InChI=1S/C24H33I2N7O2P2S/c25-36-33-16-27-21-22(28-17-8-4-3-5-9-17)30-24(31-23(21)33)29-18-11-13-19(14-12-18)38-15-7-2-1-6-10-20(34)32-35-37-26/h11-14,16-17,36-37H,1-10,15H2,(H,32,34)(H2,28,29,30,31). The van der Waals surface area contributed by atoms with Gasteiger partial charge >= 0.3 is 0 Å². The van der Waals surface area contributed by atoms with Gasteiger partial charge in [0.05, 0.1) is 6.37 Å². The fraction of sp³-hybridized carbons (Fsp3) is 0.500.